The monoisotopic (exact) mass is 123 g/mol. The third kappa shape index (κ3) is 3.59. The van der Waals surface area contributed by atoms with Crippen molar-refractivity contribution >= 4 is 0 Å². The molecule has 50 valence electrons. The summed E-state index contributed by atoms with van der Waals surface area (Å²) in [6, 6.07) is 0. The van der Waals surface area contributed by atoms with Crippen molar-refractivity contribution in [1.29, 1.82) is 0 Å². The second-order valence-corrected chi connectivity index (χ2v) is 1.71. The molecular weight excluding hydrogens is 110 g/mol. The zero-order valence-electron chi connectivity index (χ0n) is 5.64. The second-order valence-electron chi connectivity index (χ2n) is 1.71. The minimum atomic E-state index is 1.00. The fourth-order valence-corrected chi connectivity index (χ4v) is 0.621. The lowest BCUT2D eigenvalue weighted by atomic mass is 10.1. The van der Waals surface area contributed by atoms with Gasteiger partial charge in [0.05, 0.1) is 0 Å². The fourth-order valence-electron chi connectivity index (χ4n) is 0.621. The molecule has 1 aliphatic rings. The van der Waals surface area contributed by atoms with Crippen LogP contribution >= 0.6 is 0 Å². The van der Waals surface area contributed by atoms with Crippen LogP contribution in [-0.4, -0.2) is 0 Å². The molecule has 0 atom stereocenters. The molecular formula is C8H13N. The molecule has 0 aromatic carbocycles. The summed E-state index contributed by atoms with van der Waals surface area (Å²) in [6.45, 7) is 6.00. The van der Waals surface area contributed by atoms with Gasteiger partial charge in [0.2, 0.25) is 0 Å². The van der Waals surface area contributed by atoms with Crippen molar-refractivity contribution in [3.8, 4) is 0 Å². The Morgan fingerprint density at radius 1 is 1.44 bits per heavy atom. The second kappa shape index (κ2) is 5.16. The molecule has 0 bridgehead atoms. The molecule has 1 aliphatic carbocycles. The number of allylic oxidation sites excluding steroid dienone is 4. The van der Waals surface area contributed by atoms with Gasteiger partial charge in [-0.15, -0.1) is 13.2 Å². The summed E-state index contributed by atoms with van der Waals surface area (Å²) >= 11 is 0. The first-order valence-corrected chi connectivity index (χ1v) is 3.01. The first-order chi connectivity index (χ1) is 4.39. The Morgan fingerprint density at radius 3 is 2.33 bits per heavy atom. The molecule has 0 amide bonds. The zero-order valence-corrected chi connectivity index (χ0v) is 5.64. The van der Waals surface area contributed by atoms with Gasteiger partial charge in [-0.2, -0.15) is 0 Å². The minimum Gasteiger partial charge on any atom is -0.402 e. The largest absolute Gasteiger partial charge is 0.402 e. The molecule has 1 rings (SSSR count). The molecule has 0 aromatic rings. The Morgan fingerprint density at radius 2 is 2.11 bits per heavy atom. The zero-order chi connectivity index (χ0) is 7.11. The van der Waals surface area contributed by atoms with E-state index in [1.807, 2.05) is 12.2 Å². The van der Waals surface area contributed by atoms with Crippen molar-refractivity contribution in [1.82, 2.24) is 0 Å². The van der Waals surface area contributed by atoms with Crippen LogP contribution < -0.4 is 5.73 Å². The standard InChI is InChI=1S/C6H9N.C2H4/c7-6-4-2-1-3-5-6;1-2/h1-2,4H,3,5,7H2;1-2H2. The molecule has 0 radical (unpaired) electrons. The van der Waals surface area contributed by atoms with Crippen LogP contribution in [0.5, 0.6) is 0 Å². The maximum Gasteiger partial charge on any atom is 0.00834 e. The highest BCUT2D eigenvalue weighted by Gasteiger charge is 1.89. The van der Waals surface area contributed by atoms with E-state index in [1.54, 1.807) is 0 Å². The summed E-state index contributed by atoms with van der Waals surface area (Å²) < 4.78 is 0. The summed E-state index contributed by atoms with van der Waals surface area (Å²) in [4.78, 5) is 0. The van der Waals surface area contributed by atoms with Gasteiger partial charge >= 0.3 is 0 Å². The van der Waals surface area contributed by atoms with E-state index in [0.29, 0.717) is 0 Å². The summed E-state index contributed by atoms with van der Waals surface area (Å²) in [5.41, 5.74) is 6.45. The predicted molar refractivity (Wildman–Crippen MR) is 41.9 cm³/mol. The fraction of sp³-hybridized carbons (Fsp3) is 0.250. The van der Waals surface area contributed by atoms with E-state index in [-0.39, 0.29) is 0 Å². The topological polar surface area (TPSA) is 26.0 Å². The summed E-state index contributed by atoms with van der Waals surface area (Å²) in [7, 11) is 0. The average Bonchev–Trinajstić information content (AvgIpc) is 1.94. The van der Waals surface area contributed by atoms with Crippen LogP contribution in [-0.2, 0) is 0 Å². The molecule has 2 N–H and O–H groups in total. The number of nitrogens with two attached hydrogens (primary N) is 1. The molecule has 0 aromatic heterocycles. The van der Waals surface area contributed by atoms with Gasteiger partial charge in [-0.25, -0.2) is 0 Å². The van der Waals surface area contributed by atoms with Crippen molar-refractivity contribution < 1.29 is 0 Å². The maximum atomic E-state index is 5.44. The van der Waals surface area contributed by atoms with Crippen LogP contribution in [0.1, 0.15) is 12.8 Å². The molecule has 0 spiro atoms. The van der Waals surface area contributed by atoms with E-state index < -0.39 is 0 Å². The van der Waals surface area contributed by atoms with Gasteiger partial charge in [-0.1, -0.05) is 12.2 Å². The first kappa shape index (κ1) is 8.02. The van der Waals surface area contributed by atoms with Crippen LogP contribution in [0, 0.1) is 0 Å². The van der Waals surface area contributed by atoms with E-state index >= 15 is 0 Å². The maximum absolute atomic E-state index is 5.44. The van der Waals surface area contributed by atoms with E-state index in [0.717, 1.165) is 18.5 Å². The lowest BCUT2D eigenvalue weighted by Crippen LogP contribution is -1.97. The Hall–Kier alpha value is -0.980. The smallest absolute Gasteiger partial charge is 0.00834 e. The molecule has 1 nitrogen and oxygen atoms in total. The lowest BCUT2D eigenvalue weighted by molar-refractivity contribution is 0.944. The summed E-state index contributed by atoms with van der Waals surface area (Å²) in [5, 5.41) is 0. The summed E-state index contributed by atoms with van der Waals surface area (Å²) in [5.74, 6) is 0. The minimum absolute atomic E-state index is 1.00. The quantitative estimate of drug-likeness (QED) is 0.490. The van der Waals surface area contributed by atoms with Crippen molar-refractivity contribution in [3.63, 3.8) is 0 Å². The normalized spacial score (nSPS) is 15.3. The van der Waals surface area contributed by atoms with Gasteiger partial charge in [-0.3, -0.25) is 0 Å². The SMILES string of the molecule is C=C.NC1=CC=CCC1. The van der Waals surface area contributed by atoms with Gasteiger partial charge in [0.15, 0.2) is 0 Å². The van der Waals surface area contributed by atoms with Crippen LogP contribution in [0.3, 0.4) is 0 Å². The molecule has 0 heterocycles. The highest BCUT2D eigenvalue weighted by molar-refractivity contribution is 5.14. The Kier molecular flexibility index (Phi) is 4.60. The molecule has 0 aliphatic heterocycles. The van der Waals surface area contributed by atoms with Gasteiger partial charge in [0.25, 0.3) is 0 Å². The molecule has 1 heteroatoms. The number of hydrogen-bond donors (Lipinski definition) is 1. The van der Waals surface area contributed by atoms with Crippen molar-refractivity contribution in [2.45, 2.75) is 12.8 Å². The van der Waals surface area contributed by atoms with E-state index in [4.69, 9.17) is 5.73 Å². The molecule has 0 fully saturated rings. The number of rotatable bonds is 0. The van der Waals surface area contributed by atoms with Gasteiger partial charge in [-0.05, 0) is 18.9 Å². The molecule has 0 unspecified atom stereocenters. The molecule has 9 heavy (non-hydrogen) atoms. The Bertz CT molecular complexity index is 123. The van der Waals surface area contributed by atoms with Crippen LogP contribution in [0.4, 0.5) is 0 Å². The van der Waals surface area contributed by atoms with Crippen LogP contribution in [0.15, 0.2) is 37.1 Å². The Labute approximate surface area is 56.6 Å². The van der Waals surface area contributed by atoms with Crippen molar-refractivity contribution in [3.05, 3.63) is 37.1 Å². The highest BCUT2D eigenvalue weighted by atomic mass is 14.6. The van der Waals surface area contributed by atoms with E-state index in [9.17, 15) is 0 Å². The van der Waals surface area contributed by atoms with E-state index in [1.165, 1.54) is 0 Å². The Balaban J connectivity index is 0.000000291. The lowest BCUT2D eigenvalue weighted by Gasteiger charge is -1.99. The molecule has 0 saturated heterocycles. The van der Waals surface area contributed by atoms with Crippen molar-refractivity contribution in [2.75, 3.05) is 0 Å². The van der Waals surface area contributed by atoms with Crippen molar-refractivity contribution in [2.24, 2.45) is 5.73 Å². The molecule has 0 saturated carbocycles. The van der Waals surface area contributed by atoms with Gasteiger partial charge in [0, 0.05) is 5.70 Å². The van der Waals surface area contributed by atoms with E-state index in [2.05, 4.69) is 19.2 Å². The third-order valence-corrected chi connectivity index (χ3v) is 1.05. The predicted octanol–water partition coefficient (Wildman–Crippen LogP) is 1.98. The number of hydrogen-bond acceptors (Lipinski definition) is 1. The highest BCUT2D eigenvalue weighted by Crippen LogP contribution is 2.04. The first-order valence-electron chi connectivity index (χ1n) is 3.01. The third-order valence-electron chi connectivity index (χ3n) is 1.05. The van der Waals surface area contributed by atoms with Gasteiger partial charge < -0.3 is 5.73 Å². The van der Waals surface area contributed by atoms with Gasteiger partial charge in [0.1, 0.15) is 0 Å². The van der Waals surface area contributed by atoms with Crippen LogP contribution in [0.25, 0.3) is 0 Å². The average molecular weight is 123 g/mol. The van der Waals surface area contributed by atoms with Crippen LogP contribution in [0.2, 0.25) is 0 Å². The summed E-state index contributed by atoms with van der Waals surface area (Å²) in [6.07, 6.45) is 8.22.